The summed E-state index contributed by atoms with van der Waals surface area (Å²) in [5.41, 5.74) is 0. The van der Waals surface area contributed by atoms with E-state index in [1.807, 2.05) is 0 Å². The molecule has 1 fully saturated rings. The van der Waals surface area contributed by atoms with E-state index >= 15 is 0 Å². The molecule has 12 heavy (non-hydrogen) atoms. The number of hydrogen-bond acceptors (Lipinski definition) is 5. The molecule has 1 aliphatic heterocycles. The van der Waals surface area contributed by atoms with Crippen molar-refractivity contribution in [2.75, 3.05) is 13.2 Å². The molecule has 0 amide bonds. The molecule has 0 radical (unpaired) electrons. The molecule has 5 nitrogen and oxygen atoms in total. The zero-order valence-electron chi connectivity index (χ0n) is 6.72. The van der Waals surface area contributed by atoms with Crippen molar-refractivity contribution in [3.05, 3.63) is 0 Å². The Morgan fingerprint density at radius 3 is 2.50 bits per heavy atom. The van der Waals surface area contributed by atoms with E-state index in [9.17, 15) is 15.3 Å². The van der Waals surface area contributed by atoms with Crippen molar-refractivity contribution in [3.63, 3.8) is 0 Å². The van der Waals surface area contributed by atoms with Crippen molar-refractivity contribution in [1.29, 1.82) is 0 Å². The van der Waals surface area contributed by atoms with Crippen LogP contribution in [0, 0.1) is 0 Å². The second kappa shape index (κ2) is 4.15. The van der Waals surface area contributed by atoms with E-state index in [2.05, 4.69) is 5.32 Å². The van der Waals surface area contributed by atoms with Gasteiger partial charge in [0.05, 0.1) is 31.0 Å². The van der Waals surface area contributed by atoms with Gasteiger partial charge in [-0.25, -0.2) is 0 Å². The lowest BCUT2D eigenvalue weighted by atomic mass is 10.0. The molecule has 0 aromatic carbocycles. The topological polar surface area (TPSA) is 93.0 Å². The summed E-state index contributed by atoms with van der Waals surface area (Å²) in [5, 5.41) is 39.3. The highest BCUT2D eigenvalue weighted by atomic mass is 16.3. The van der Waals surface area contributed by atoms with Gasteiger partial charge in [0.15, 0.2) is 0 Å². The summed E-state index contributed by atoms with van der Waals surface area (Å²) >= 11 is 0. The van der Waals surface area contributed by atoms with Crippen LogP contribution in [0.4, 0.5) is 0 Å². The predicted molar refractivity (Wildman–Crippen MR) is 41.5 cm³/mol. The van der Waals surface area contributed by atoms with E-state index in [1.54, 1.807) is 0 Å². The van der Waals surface area contributed by atoms with Crippen molar-refractivity contribution in [2.45, 2.75) is 30.8 Å². The maximum atomic E-state index is 9.35. The number of hydrogen-bond donors (Lipinski definition) is 5. The van der Waals surface area contributed by atoms with Crippen LogP contribution in [-0.4, -0.2) is 57.9 Å². The minimum absolute atomic E-state index is 0.144. The van der Waals surface area contributed by atoms with Crippen LogP contribution >= 0.6 is 0 Å². The number of rotatable bonds is 1. The molecule has 1 heterocycles. The Morgan fingerprint density at radius 1 is 1.25 bits per heavy atom. The van der Waals surface area contributed by atoms with Gasteiger partial charge in [0, 0.05) is 13.0 Å². The molecule has 0 aromatic rings. The SMILES string of the molecule is OC[C@@H]1NC[C@@H](O)C[C@@H](O)[C@@H]1O. The van der Waals surface area contributed by atoms with Crippen LogP contribution in [0.25, 0.3) is 0 Å². The highest BCUT2D eigenvalue weighted by Crippen LogP contribution is 2.10. The van der Waals surface area contributed by atoms with E-state index in [0.717, 1.165) is 0 Å². The van der Waals surface area contributed by atoms with Crippen LogP contribution in [-0.2, 0) is 0 Å². The third-order valence-electron chi connectivity index (χ3n) is 2.13. The molecular weight excluding hydrogens is 162 g/mol. The van der Waals surface area contributed by atoms with Crippen LogP contribution in [0.1, 0.15) is 6.42 Å². The first-order valence-corrected chi connectivity index (χ1v) is 4.03. The first-order valence-electron chi connectivity index (χ1n) is 4.03. The molecule has 4 atom stereocenters. The van der Waals surface area contributed by atoms with E-state index in [-0.39, 0.29) is 13.0 Å². The van der Waals surface area contributed by atoms with Crippen molar-refractivity contribution in [2.24, 2.45) is 0 Å². The predicted octanol–water partition coefficient (Wildman–Crippen LogP) is -2.58. The van der Waals surface area contributed by atoms with Crippen molar-refractivity contribution < 1.29 is 20.4 Å². The van der Waals surface area contributed by atoms with Crippen LogP contribution in [0.2, 0.25) is 0 Å². The standard InChI is InChI=1S/C7H15NO4/c9-3-5-7(12)6(11)1-4(10)2-8-5/h4-12H,1-3H2/t4-,5-,6+,7+/m0/s1. The molecule has 0 unspecified atom stereocenters. The van der Waals surface area contributed by atoms with Crippen LogP contribution < -0.4 is 5.32 Å². The van der Waals surface area contributed by atoms with Gasteiger partial charge >= 0.3 is 0 Å². The minimum Gasteiger partial charge on any atom is -0.395 e. The fraction of sp³-hybridized carbons (Fsp3) is 1.00. The zero-order chi connectivity index (χ0) is 9.14. The molecule has 5 N–H and O–H groups in total. The van der Waals surface area contributed by atoms with Gasteiger partial charge in [-0.05, 0) is 0 Å². The molecule has 1 aliphatic rings. The van der Waals surface area contributed by atoms with Gasteiger partial charge in [0.1, 0.15) is 0 Å². The van der Waals surface area contributed by atoms with Gasteiger partial charge in [-0.2, -0.15) is 0 Å². The van der Waals surface area contributed by atoms with E-state index < -0.39 is 24.4 Å². The number of nitrogens with one attached hydrogen (secondary N) is 1. The first-order chi connectivity index (χ1) is 5.65. The monoisotopic (exact) mass is 177 g/mol. The lowest BCUT2D eigenvalue weighted by Crippen LogP contribution is -2.46. The third kappa shape index (κ3) is 2.15. The highest BCUT2D eigenvalue weighted by Gasteiger charge is 2.30. The maximum Gasteiger partial charge on any atom is 0.0975 e. The summed E-state index contributed by atoms with van der Waals surface area (Å²) in [5.74, 6) is 0. The molecule has 0 aliphatic carbocycles. The summed E-state index contributed by atoms with van der Waals surface area (Å²) in [6, 6.07) is -0.544. The Labute approximate surface area is 70.6 Å². The van der Waals surface area contributed by atoms with Crippen LogP contribution in [0.15, 0.2) is 0 Å². The van der Waals surface area contributed by atoms with Gasteiger partial charge in [-0.3, -0.25) is 0 Å². The quantitative estimate of drug-likeness (QED) is 0.303. The molecule has 72 valence electrons. The minimum atomic E-state index is -1.01. The maximum absolute atomic E-state index is 9.35. The Balaban J connectivity index is 2.56. The normalized spacial score (nSPS) is 44.0. The zero-order valence-corrected chi connectivity index (χ0v) is 6.72. The van der Waals surface area contributed by atoms with Gasteiger partial charge in [-0.1, -0.05) is 0 Å². The Hall–Kier alpha value is -0.200. The fourth-order valence-corrected chi connectivity index (χ4v) is 1.35. The molecule has 0 aromatic heterocycles. The Kier molecular flexibility index (Phi) is 3.42. The lowest BCUT2D eigenvalue weighted by molar-refractivity contribution is -0.0197. The second-order valence-electron chi connectivity index (χ2n) is 3.14. The number of aliphatic hydroxyl groups is 4. The van der Waals surface area contributed by atoms with Crippen molar-refractivity contribution >= 4 is 0 Å². The first kappa shape index (κ1) is 9.88. The second-order valence-corrected chi connectivity index (χ2v) is 3.14. The average molecular weight is 177 g/mol. The van der Waals surface area contributed by atoms with E-state index in [1.165, 1.54) is 0 Å². The summed E-state index contributed by atoms with van der Waals surface area (Å²) in [6.45, 7) is 0.0459. The van der Waals surface area contributed by atoms with Gasteiger partial charge in [-0.15, -0.1) is 0 Å². The molecule has 0 saturated carbocycles. The molecule has 5 heteroatoms. The van der Waals surface area contributed by atoms with Gasteiger partial charge < -0.3 is 25.7 Å². The molecule has 0 spiro atoms. The molecule has 1 saturated heterocycles. The summed E-state index contributed by atoms with van der Waals surface area (Å²) in [7, 11) is 0. The van der Waals surface area contributed by atoms with Gasteiger partial charge in [0.2, 0.25) is 0 Å². The summed E-state index contributed by atoms with van der Waals surface area (Å²) < 4.78 is 0. The average Bonchev–Trinajstić information content (AvgIpc) is 2.14. The fourth-order valence-electron chi connectivity index (χ4n) is 1.35. The van der Waals surface area contributed by atoms with Crippen LogP contribution in [0.5, 0.6) is 0 Å². The molecule has 1 rings (SSSR count). The van der Waals surface area contributed by atoms with Crippen molar-refractivity contribution in [1.82, 2.24) is 5.32 Å². The summed E-state index contributed by atoms with van der Waals surface area (Å²) in [6.07, 6.45) is -2.49. The number of β-amino-alcohol motifs (C(OH)–C–C–N with tert-alkyl or cyclic N) is 1. The highest BCUT2D eigenvalue weighted by molar-refractivity contribution is 4.87. The molecule has 0 bridgehead atoms. The largest absolute Gasteiger partial charge is 0.395 e. The smallest absolute Gasteiger partial charge is 0.0975 e. The lowest BCUT2D eigenvalue weighted by Gasteiger charge is -2.21. The van der Waals surface area contributed by atoms with Crippen molar-refractivity contribution in [3.8, 4) is 0 Å². The molecular formula is C7H15NO4. The Morgan fingerprint density at radius 2 is 1.92 bits per heavy atom. The Bertz CT molecular complexity index is 143. The summed E-state index contributed by atoms with van der Waals surface area (Å²) in [4.78, 5) is 0. The van der Waals surface area contributed by atoms with Gasteiger partial charge in [0.25, 0.3) is 0 Å². The number of aliphatic hydroxyl groups excluding tert-OH is 4. The van der Waals surface area contributed by atoms with E-state index in [4.69, 9.17) is 5.11 Å². The van der Waals surface area contributed by atoms with Crippen LogP contribution in [0.3, 0.4) is 0 Å². The third-order valence-corrected chi connectivity index (χ3v) is 2.13. The van der Waals surface area contributed by atoms with E-state index in [0.29, 0.717) is 6.54 Å².